The van der Waals surface area contributed by atoms with Gasteiger partial charge in [-0.1, -0.05) is 115 Å². The monoisotopic (exact) mass is 718 g/mol. The fourth-order valence-electron chi connectivity index (χ4n) is 8.64. The van der Waals surface area contributed by atoms with Crippen LogP contribution in [-0.2, 0) is 0 Å². The van der Waals surface area contributed by atoms with Crippen LogP contribution in [0.1, 0.15) is 0 Å². The van der Waals surface area contributed by atoms with Gasteiger partial charge in [-0.3, -0.25) is 0 Å². The summed E-state index contributed by atoms with van der Waals surface area (Å²) in [4.78, 5) is 10.3. The van der Waals surface area contributed by atoms with Crippen LogP contribution in [0, 0.1) is 0 Å². The first-order valence-electron chi connectivity index (χ1n) is 18.6. The molecule has 0 radical (unpaired) electrons. The molecule has 12 rings (SSSR count). The maximum absolute atomic E-state index is 5.19. The highest BCUT2D eigenvalue weighted by atomic mass is 32.1. The van der Waals surface area contributed by atoms with Crippen LogP contribution < -0.4 is 0 Å². The summed E-state index contributed by atoms with van der Waals surface area (Å²) in [6.07, 6.45) is 0. The molecule has 8 aromatic carbocycles. The number of thiophene rings is 1. The molecule has 4 nitrogen and oxygen atoms in total. The molecule has 0 spiro atoms. The van der Waals surface area contributed by atoms with E-state index in [1.54, 1.807) is 0 Å². The van der Waals surface area contributed by atoms with Crippen molar-refractivity contribution >= 4 is 86.2 Å². The van der Waals surface area contributed by atoms with Gasteiger partial charge in [0.15, 0.2) is 0 Å². The molecule has 0 atom stereocenters. The van der Waals surface area contributed by atoms with Crippen molar-refractivity contribution in [1.29, 1.82) is 0 Å². The summed E-state index contributed by atoms with van der Waals surface area (Å²) in [5.74, 6) is 0. The van der Waals surface area contributed by atoms with E-state index in [4.69, 9.17) is 9.97 Å². The third kappa shape index (κ3) is 4.51. The molecule has 0 saturated carbocycles. The zero-order valence-electron chi connectivity index (χ0n) is 29.5. The lowest BCUT2D eigenvalue weighted by Crippen LogP contribution is -1.97. The first-order chi connectivity index (χ1) is 27.3. The molecule has 55 heavy (non-hydrogen) atoms. The minimum atomic E-state index is 0.875. The summed E-state index contributed by atoms with van der Waals surface area (Å²) >= 11 is 1.89. The minimum absolute atomic E-state index is 0.875. The fraction of sp³-hybridized carbons (Fsp3) is 0. The van der Waals surface area contributed by atoms with Crippen molar-refractivity contribution < 1.29 is 0 Å². The quantitative estimate of drug-likeness (QED) is 0.182. The Morgan fingerprint density at radius 1 is 0.364 bits per heavy atom. The van der Waals surface area contributed by atoms with Crippen LogP contribution in [0.25, 0.3) is 109 Å². The molecule has 0 fully saturated rings. The van der Waals surface area contributed by atoms with E-state index >= 15 is 0 Å². The van der Waals surface area contributed by atoms with Crippen molar-refractivity contribution in [3.05, 3.63) is 182 Å². The lowest BCUT2D eigenvalue weighted by atomic mass is 10.0. The Balaban J connectivity index is 1.15. The Labute approximate surface area is 319 Å². The van der Waals surface area contributed by atoms with Crippen LogP contribution in [0.4, 0.5) is 0 Å². The molecular weight excluding hydrogens is 689 g/mol. The van der Waals surface area contributed by atoms with Gasteiger partial charge in [0.1, 0.15) is 0 Å². The van der Waals surface area contributed by atoms with Crippen LogP contribution in [0.3, 0.4) is 0 Å². The van der Waals surface area contributed by atoms with E-state index in [0.29, 0.717) is 0 Å². The maximum atomic E-state index is 5.19. The summed E-state index contributed by atoms with van der Waals surface area (Å²) in [6.45, 7) is 0. The number of rotatable bonds is 4. The Bertz CT molecular complexity index is 3470. The number of para-hydroxylation sites is 4. The molecule has 5 heteroatoms. The SMILES string of the molecule is c1ccc(-c2nc3ccccc3nc2-c2ccc(-n3c4cc5c(cc4c4c6sc7ccccc7c6ccc43)c3ccccc3n5-c3ccccc3)cc2)cc1. The van der Waals surface area contributed by atoms with Crippen molar-refractivity contribution in [3.63, 3.8) is 0 Å². The molecule has 4 aromatic heterocycles. The van der Waals surface area contributed by atoms with Crippen molar-refractivity contribution in [1.82, 2.24) is 19.1 Å². The van der Waals surface area contributed by atoms with E-state index in [9.17, 15) is 0 Å². The van der Waals surface area contributed by atoms with Crippen molar-refractivity contribution in [2.45, 2.75) is 0 Å². The topological polar surface area (TPSA) is 35.6 Å². The van der Waals surface area contributed by atoms with Gasteiger partial charge in [0.25, 0.3) is 0 Å². The van der Waals surface area contributed by atoms with Gasteiger partial charge in [0.05, 0.1) is 44.5 Å². The van der Waals surface area contributed by atoms with Gasteiger partial charge in [-0.15, -0.1) is 11.3 Å². The summed E-state index contributed by atoms with van der Waals surface area (Å²) in [5, 5.41) is 7.67. The lowest BCUT2D eigenvalue weighted by Gasteiger charge is -2.13. The standard InChI is InChI=1S/C50H30N4S/c1-3-13-31(14-4-1)48-49(52-41-20-10-9-19-40(41)51-48)32-23-25-34(26-24-32)54-43-28-27-37-36-18-8-12-22-46(36)55-50(37)47(43)39-29-38-35-17-7-11-21-42(35)53(44(38)30-45(39)54)33-15-5-2-6-16-33/h1-30H. The average molecular weight is 719 g/mol. The van der Waals surface area contributed by atoms with Gasteiger partial charge in [0, 0.05) is 64.2 Å². The molecule has 0 aliphatic rings. The molecular formula is C50H30N4S. The van der Waals surface area contributed by atoms with E-state index in [0.717, 1.165) is 44.9 Å². The third-order valence-corrected chi connectivity index (χ3v) is 12.3. The smallest absolute Gasteiger partial charge is 0.0973 e. The Morgan fingerprint density at radius 3 is 1.71 bits per heavy atom. The molecule has 0 aliphatic heterocycles. The van der Waals surface area contributed by atoms with Crippen LogP contribution in [-0.4, -0.2) is 19.1 Å². The molecule has 0 bridgehead atoms. The van der Waals surface area contributed by atoms with Gasteiger partial charge in [-0.2, -0.15) is 0 Å². The number of benzene rings is 8. The van der Waals surface area contributed by atoms with Crippen LogP contribution in [0.5, 0.6) is 0 Å². The van der Waals surface area contributed by atoms with Gasteiger partial charge >= 0.3 is 0 Å². The Kier molecular flexibility index (Phi) is 6.47. The summed E-state index contributed by atoms with van der Waals surface area (Å²) in [6, 6.07) is 65.2. The zero-order valence-corrected chi connectivity index (χ0v) is 30.3. The van der Waals surface area contributed by atoms with E-state index < -0.39 is 0 Å². The van der Waals surface area contributed by atoms with Crippen molar-refractivity contribution in [2.75, 3.05) is 0 Å². The second-order valence-electron chi connectivity index (χ2n) is 14.2. The summed E-state index contributed by atoms with van der Waals surface area (Å²) in [5.41, 5.74) is 12.6. The van der Waals surface area contributed by atoms with Crippen molar-refractivity contribution in [3.8, 4) is 33.9 Å². The normalized spacial score (nSPS) is 12.0. The molecule has 0 N–H and O–H groups in total. The van der Waals surface area contributed by atoms with Gasteiger partial charge < -0.3 is 9.13 Å². The van der Waals surface area contributed by atoms with E-state index in [2.05, 4.69) is 161 Å². The molecule has 0 saturated heterocycles. The number of hydrogen-bond donors (Lipinski definition) is 0. The number of nitrogens with zero attached hydrogens (tertiary/aromatic N) is 4. The van der Waals surface area contributed by atoms with Crippen LogP contribution >= 0.6 is 11.3 Å². The summed E-state index contributed by atoms with van der Waals surface area (Å²) in [7, 11) is 0. The largest absolute Gasteiger partial charge is 0.309 e. The number of hydrogen-bond acceptors (Lipinski definition) is 3. The molecule has 4 heterocycles. The van der Waals surface area contributed by atoms with Gasteiger partial charge in [-0.25, -0.2) is 9.97 Å². The molecule has 0 aliphatic carbocycles. The molecule has 0 amide bonds. The lowest BCUT2D eigenvalue weighted by molar-refractivity contribution is 1.16. The van der Waals surface area contributed by atoms with Crippen LogP contribution in [0.2, 0.25) is 0 Å². The average Bonchev–Trinajstić information content (AvgIpc) is 3.90. The molecule has 12 aromatic rings. The minimum Gasteiger partial charge on any atom is -0.309 e. The van der Waals surface area contributed by atoms with Gasteiger partial charge in [0.2, 0.25) is 0 Å². The third-order valence-electron chi connectivity index (χ3n) is 11.1. The Morgan fingerprint density at radius 2 is 0.945 bits per heavy atom. The second-order valence-corrected chi connectivity index (χ2v) is 15.2. The van der Waals surface area contributed by atoms with E-state index in [1.807, 2.05) is 41.7 Å². The predicted molar refractivity (Wildman–Crippen MR) is 232 cm³/mol. The highest BCUT2D eigenvalue weighted by Crippen LogP contribution is 2.46. The Hall–Kier alpha value is -7.08. The fourth-order valence-corrected chi connectivity index (χ4v) is 9.90. The van der Waals surface area contributed by atoms with Gasteiger partial charge in [-0.05, 0) is 66.7 Å². The maximum Gasteiger partial charge on any atom is 0.0973 e. The predicted octanol–water partition coefficient (Wildman–Crippen LogP) is 13.5. The molecule has 256 valence electrons. The van der Waals surface area contributed by atoms with Crippen molar-refractivity contribution in [2.24, 2.45) is 0 Å². The first-order valence-corrected chi connectivity index (χ1v) is 19.4. The highest BCUT2D eigenvalue weighted by molar-refractivity contribution is 7.26. The number of fused-ring (bicyclic) bond motifs is 11. The summed E-state index contributed by atoms with van der Waals surface area (Å²) < 4.78 is 7.50. The number of aromatic nitrogens is 4. The molecule has 0 unspecified atom stereocenters. The van der Waals surface area contributed by atoms with Crippen LogP contribution in [0.15, 0.2) is 182 Å². The first kappa shape index (κ1) is 30.4. The second kappa shape index (κ2) is 11.7. The van der Waals surface area contributed by atoms with E-state index in [-0.39, 0.29) is 0 Å². The van der Waals surface area contributed by atoms with E-state index in [1.165, 1.54) is 63.8 Å². The highest BCUT2D eigenvalue weighted by Gasteiger charge is 2.22. The zero-order chi connectivity index (χ0) is 36.0.